The van der Waals surface area contributed by atoms with E-state index in [1.807, 2.05) is 29.6 Å². The summed E-state index contributed by atoms with van der Waals surface area (Å²) >= 11 is 1.37. The maximum atomic E-state index is 12.3. The Labute approximate surface area is 157 Å². The molecule has 1 fully saturated rings. The van der Waals surface area contributed by atoms with Gasteiger partial charge in [-0.15, -0.1) is 11.3 Å². The van der Waals surface area contributed by atoms with Crippen LogP contribution in [0.2, 0.25) is 0 Å². The van der Waals surface area contributed by atoms with Gasteiger partial charge >= 0.3 is 5.97 Å². The van der Waals surface area contributed by atoms with E-state index in [0.29, 0.717) is 28.8 Å². The van der Waals surface area contributed by atoms with Crippen LogP contribution < -0.4 is 10.1 Å². The van der Waals surface area contributed by atoms with Gasteiger partial charge in [0.2, 0.25) is 0 Å². The largest absolute Gasteiger partial charge is 0.484 e. The lowest BCUT2D eigenvalue weighted by atomic mass is 10.1. The Hall–Kier alpha value is -2.34. The number of thiophene rings is 1. The number of amides is 1. The Morgan fingerprint density at radius 3 is 2.54 bits per heavy atom. The molecule has 1 heterocycles. The van der Waals surface area contributed by atoms with Crippen molar-refractivity contribution in [2.45, 2.75) is 39.0 Å². The Morgan fingerprint density at radius 2 is 1.92 bits per heavy atom. The minimum atomic E-state index is -0.373. The van der Waals surface area contributed by atoms with E-state index < -0.39 is 0 Å². The molecule has 0 unspecified atom stereocenters. The second-order valence-corrected chi connectivity index (χ2v) is 7.10. The Morgan fingerprint density at radius 1 is 1.19 bits per heavy atom. The summed E-state index contributed by atoms with van der Waals surface area (Å²) in [6.07, 6.45) is 3.11. The standard InChI is InChI=1S/C20H23NO4S/c1-3-13-5-9-15(10-6-13)25-11-17(22)21-19-18(20(23)24-4-2)16(12-26-19)14-7-8-14/h5-6,9-10,12,14H,3-4,7-8,11H2,1-2H3,(H,21,22). The number of benzene rings is 1. The molecule has 0 atom stereocenters. The number of esters is 1. The zero-order valence-corrected chi connectivity index (χ0v) is 15.9. The van der Waals surface area contributed by atoms with Crippen molar-refractivity contribution in [2.75, 3.05) is 18.5 Å². The molecule has 0 saturated heterocycles. The number of nitrogens with one attached hydrogen (secondary N) is 1. The van der Waals surface area contributed by atoms with Gasteiger partial charge in [0, 0.05) is 0 Å². The van der Waals surface area contributed by atoms with Gasteiger partial charge in [-0.05, 0) is 60.7 Å². The van der Waals surface area contributed by atoms with Crippen LogP contribution in [0.3, 0.4) is 0 Å². The van der Waals surface area contributed by atoms with E-state index in [1.54, 1.807) is 6.92 Å². The Bertz CT molecular complexity index is 778. The van der Waals surface area contributed by atoms with Crippen molar-refractivity contribution in [2.24, 2.45) is 0 Å². The average molecular weight is 373 g/mol. The van der Waals surface area contributed by atoms with Crippen molar-refractivity contribution < 1.29 is 19.1 Å². The van der Waals surface area contributed by atoms with Crippen LogP contribution >= 0.6 is 11.3 Å². The van der Waals surface area contributed by atoms with Crippen molar-refractivity contribution in [3.05, 3.63) is 46.3 Å². The topological polar surface area (TPSA) is 64.6 Å². The van der Waals surface area contributed by atoms with Gasteiger partial charge < -0.3 is 14.8 Å². The third-order valence-electron chi connectivity index (χ3n) is 4.27. The van der Waals surface area contributed by atoms with Crippen LogP contribution in [-0.4, -0.2) is 25.1 Å². The zero-order chi connectivity index (χ0) is 18.5. The summed E-state index contributed by atoms with van der Waals surface area (Å²) in [7, 11) is 0. The molecule has 0 aliphatic heterocycles. The lowest BCUT2D eigenvalue weighted by Gasteiger charge is -2.09. The number of carbonyl (C=O) groups is 2. The maximum absolute atomic E-state index is 12.3. The summed E-state index contributed by atoms with van der Waals surface area (Å²) in [5.74, 6) is 0.388. The van der Waals surface area contributed by atoms with Gasteiger partial charge in [-0.25, -0.2) is 4.79 Å². The van der Waals surface area contributed by atoms with Crippen LogP contribution in [0.4, 0.5) is 5.00 Å². The van der Waals surface area contributed by atoms with Crippen LogP contribution in [0.5, 0.6) is 5.75 Å². The van der Waals surface area contributed by atoms with Gasteiger partial charge in [-0.3, -0.25) is 4.79 Å². The third kappa shape index (κ3) is 4.43. The normalized spacial score (nSPS) is 13.3. The van der Waals surface area contributed by atoms with Crippen molar-refractivity contribution >= 4 is 28.2 Å². The summed E-state index contributed by atoms with van der Waals surface area (Å²) in [6, 6.07) is 7.67. The summed E-state index contributed by atoms with van der Waals surface area (Å²) in [4.78, 5) is 24.6. The van der Waals surface area contributed by atoms with Gasteiger partial charge in [0.25, 0.3) is 5.91 Å². The highest BCUT2D eigenvalue weighted by Crippen LogP contribution is 2.46. The smallest absolute Gasteiger partial charge is 0.341 e. The van der Waals surface area contributed by atoms with Crippen molar-refractivity contribution in [1.29, 1.82) is 0 Å². The van der Waals surface area contributed by atoms with Gasteiger partial charge in [-0.1, -0.05) is 19.1 Å². The van der Waals surface area contributed by atoms with Crippen molar-refractivity contribution in [3.8, 4) is 5.75 Å². The molecule has 5 nitrogen and oxygen atoms in total. The van der Waals surface area contributed by atoms with Crippen LogP contribution in [0.15, 0.2) is 29.6 Å². The summed E-state index contributed by atoms with van der Waals surface area (Å²) in [5.41, 5.74) is 2.70. The molecule has 2 aromatic rings. The van der Waals surface area contributed by atoms with Gasteiger partial charge in [0.05, 0.1) is 12.2 Å². The highest BCUT2D eigenvalue weighted by Gasteiger charge is 2.32. The highest BCUT2D eigenvalue weighted by atomic mass is 32.1. The highest BCUT2D eigenvalue weighted by molar-refractivity contribution is 7.15. The van der Waals surface area contributed by atoms with E-state index in [1.165, 1.54) is 16.9 Å². The molecule has 1 amide bonds. The molecule has 1 aliphatic carbocycles. The van der Waals surface area contributed by atoms with E-state index in [0.717, 1.165) is 24.8 Å². The molecule has 1 aromatic carbocycles. The third-order valence-corrected chi connectivity index (χ3v) is 5.18. The number of anilines is 1. The maximum Gasteiger partial charge on any atom is 0.341 e. The second-order valence-electron chi connectivity index (χ2n) is 6.22. The fourth-order valence-electron chi connectivity index (χ4n) is 2.70. The van der Waals surface area contributed by atoms with E-state index >= 15 is 0 Å². The molecule has 1 aromatic heterocycles. The first-order valence-electron chi connectivity index (χ1n) is 8.92. The summed E-state index contributed by atoms with van der Waals surface area (Å²) in [5, 5.41) is 5.29. The first-order chi connectivity index (χ1) is 12.6. The van der Waals surface area contributed by atoms with E-state index in [9.17, 15) is 9.59 Å². The fourth-order valence-corrected chi connectivity index (χ4v) is 3.75. The molecule has 0 spiro atoms. The number of aryl methyl sites for hydroxylation is 1. The molecular formula is C20H23NO4S. The molecule has 1 N–H and O–H groups in total. The number of rotatable bonds is 8. The number of ether oxygens (including phenoxy) is 2. The Kier molecular flexibility index (Phi) is 5.93. The van der Waals surface area contributed by atoms with Gasteiger partial charge in [-0.2, -0.15) is 0 Å². The molecule has 1 saturated carbocycles. The molecule has 0 bridgehead atoms. The predicted octanol–water partition coefficient (Wildman–Crippen LogP) is 4.38. The van der Waals surface area contributed by atoms with Gasteiger partial charge in [0.15, 0.2) is 6.61 Å². The minimum absolute atomic E-state index is 0.107. The molecule has 1 aliphatic rings. The first kappa shape index (κ1) is 18.5. The summed E-state index contributed by atoms with van der Waals surface area (Å²) < 4.78 is 10.7. The molecule has 138 valence electrons. The number of hydrogen-bond donors (Lipinski definition) is 1. The predicted molar refractivity (Wildman–Crippen MR) is 102 cm³/mol. The van der Waals surface area contributed by atoms with Crippen molar-refractivity contribution in [1.82, 2.24) is 0 Å². The molecule has 0 radical (unpaired) electrons. The van der Waals surface area contributed by atoms with Crippen LogP contribution in [0.25, 0.3) is 0 Å². The molecule has 6 heteroatoms. The SMILES string of the molecule is CCOC(=O)c1c(C2CC2)csc1NC(=O)COc1ccc(CC)cc1. The molecular weight excluding hydrogens is 350 g/mol. The lowest BCUT2D eigenvalue weighted by Crippen LogP contribution is -2.21. The molecule has 3 rings (SSSR count). The zero-order valence-electron chi connectivity index (χ0n) is 15.0. The number of carbonyl (C=O) groups excluding carboxylic acids is 2. The van der Waals surface area contributed by atoms with Crippen LogP contribution in [0, 0.1) is 0 Å². The van der Waals surface area contributed by atoms with E-state index in [4.69, 9.17) is 9.47 Å². The summed E-state index contributed by atoms with van der Waals surface area (Å²) in [6.45, 7) is 4.06. The second kappa shape index (κ2) is 8.36. The van der Waals surface area contributed by atoms with Crippen LogP contribution in [-0.2, 0) is 16.0 Å². The quantitative estimate of drug-likeness (QED) is 0.697. The van der Waals surface area contributed by atoms with Crippen LogP contribution in [0.1, 0.15) is 54.1 Å². The van der Waals surface area contributed by atoms with E-state index in [-0.39, 0.29) is 18.5 Å². The monoisotopic (exact) mass is 373 g/mol. The molecule has 26 heavy (non-hydrogen) atoms. The van der Waals surface area contributed by atoms with E-state index in [2.05, 4.69) is 12.2 Å². The number of hydrogen-bond acceptors (Lipinski definition) is 5. The van der Waals surface area contributed by atoms with Crippen molar-refractivity contribution in [3.63, 3.8) is 0 Å². The Balaban J connectivity index is 1.64. The fraction of sp³-hybridized carbons (Fsp3) is 0.400. The average Bonchev–Trinajstić information content (AvgIpc) is 3.41. The van der Waals surface area contributed by atoms with Gasteiger partial charge in [0.1, 0.15) is 10.8 Å². The minimum Gasteiger partial charge on any atom is -0.484 e. The lowest BCUT2D eigenvalue weighted by molar-refractivity contribution is -0.118. The first-order valence-corrected chi connectivity index (χ1v) is 9.80.